The second kappa shape index (κ2) is 7.28. The summed E-state index contributed by atoms with van der Waals surface area (Å²) >= 11 is 5.83. The van der Waals surface area contributed by atoms with Gasteiger partial charge in [-0.2, -0.15) is 0 Å². The molecular formula is C13H24ClO3P. The van der Waals surface area contributed by atoms with E-state index in [9.17, 15) is 4.57 Å². The Morgan fingerprint density at radius 1 is 0.833 bits per heavy atom. The van der Waals surface area contributed by atoms with Crippen LogP contribution in [0.15, 0.2) is 0 Å². The Morgan fingerprint density at radius 2 is 1.22 bits per heavy atom. The minimum atomic E-state index is -3.07. The molecule has 3 nitrogen and oxygen atoms in total. The maximum Gasteiger partial charge on any atom is 0.345 e. The lowest BCUT2D eigenvalue weighted by molar-refractivity contribution is 0.0810. The van der Waals surface area contributed by atoms with Crippen molar-refractivity contribution in [3.63, 3.8) is 0 Å². The van der Waals surface area contributed by atoms with Gasteiger partial charge in [0.1, 0.15) is 5.62 Å². The molecule has 0 N–H and O–H groups in total. The van der Waals surface area contributed by atoms with Crippen LogP contribution in [0.5, 0.6) is 0 Å². The van der Waals surface area contributed by atoms with E-state index in [1.807, 2.05) is 0 Å². The lowest BCUT2D eigenvalue weighted by Gasteiger charge is -2.30. The van der Waals surface area contributed by atoms with Gasteiger partial charge >= 0.3 is 7.60 Å². The van der Waals surface area contributed by atoms with Crippen LogP contribution in [0.2, 0.25) is 0 Å². The molecule has 2 fully saturated rings. The summed E-state index contributed by atoms with van der Waals surface area (Å²) in [5, 5.41) is 0. The number of rotatable bonds is 5. The highest BCUT2D eigenvalue weighted by atomic mass is 35.5. The van der Waals surface area contributed by atoms with Gasteiger partial charge in [-0.05, 0) is 25.7 Å². The van der Waals surface area contributed by atoms with Crippen molar-refractivity contribution in [2.75, 3.05) is 5.62 Å². The van der Waals surface area contributed by atoms with E-state index < -0.39 is 7.60 Å². The van der Waals surface area contributed by atoms with Crippen molar-refractivity contribution in [2.45, 2.75) is 76.4 Å². The van der Waals surface area contributed by atoms with Crippen LogP contribution >= 0.6 is 19.2 Å². The monoisotopic (exact) mass is 294 g/mol. The van der Waals surface area contributed by atoms with Crippen molar-refractivity contribution >= 4 is 19.2 Å². The summed E-state index contributed by atoms with van der Waals surface area (Å²) in [5.74, 6) is 0. The summed E-state index contributed by atoms with van der Waals surface area (Å²) < 4.78 is 24.0. The molecule has 0 heterocycles. The van der Waals surface area contributed by atoms with Crippen LogP contribution in [0.25, 0.3) is 0 Å². The molecular weight excluding hydrogens is 271 g/mol. The summed E-state index contributed by atoms with van der Waals surface area (Å²) in [6.45, 7) is 0. The fourth-order valence-electron chi connectivity index (χ4n) is 2.88. The first kappa shape index (κ1) is 14.8. The van der Waals surface area contributed by atoms with E-state index in [4.69, 9.17) is 20.6 Å². The second-order valence-electron chi connectivity index (χ2n) is 5.46. The summed E-state index contributed by atoms with van der Waals surface area (Å²) in [4.78, 5) is 0. The van der Waals surface area contributed by atoms with Gasteiger partial charge in [-0.3, -0.25) is 4.57 Å². The van der Waals surface area contributed by atoms with Gasteiger partial charge in [0.25, 0.3) is 0 Å². The molecule has 0 aliphatic heterocycles. The highest BCUT2D eigenvalue weighted by Crippen LogP contribution is 2.54. The SMILES string of the molecule is O=P(CCl)(OC1CCCCC1)OC1CCCCC1. The van der Waals surface area contributed by atoms with Crippen molar-refractivity contribution in [3.05, 3.63) is 0 Å². The summed E-state index contributed by atoms with van der Waals surface area (Å²) in [6, 6.07) is 0. The Labute approximate surface area is 115 Å². The maximum absolute atomic E-state index is 12.5. The van der Waals surface area contributed by atoms with Crippen LogP contribution in [0.1, 0.15) is 64.2 Å². The number of halogens is 1. The smallest absolute Gasteiger partial charge is 0.304 e. The van der Waals surface area contributed by atoms with E-state index in [1.165, 1.54) is 12.8 Å². The third kappa shape index (κ3) is 4.52. The van der Waals surface area contributed by atoms with Crippen molar-refractivity contribution in [2.24, 2.45) is 0 Å². The first-order valence-electron chi connectivity index (χ1n) is 7.24. The first-order valence-corrected chi connectivity index (χ1v) is 9.50. The zero-order valence-electron chi connectivity index (χ0n) is 11.0. The van der Waals surface area contributed by atoms with E-state index in [0.29, 0.717) is 0 Å². The molecule has 2 aliphatic rings. The number of hydrogen-bond acceptors (Lipinski definition) is 3. The highest BCUT2D eigenvalue weighted by molar-refractivity contribution is 7.55. The molecule has 5 heteroatoms. The molecule has 0 unspecified atom stereocenters. The first-order chi connectivity index (χ1) is 8.72. The van der Waals surface area contributed by atoms with Crippen LogP contribution in [-0.4, -0.2) is 17.8 Å². The zero-order chi connectivity index (χ0) is 12.8. The van der Waals surface area contributed by atoms with E-state index in [2.05, 4.69) is 0 Å². The zero-order valence-corrected chi connectivity index (χ0v) is 12.6. The third-order valence-corrected chi connectivity index (χ3v) is 6.28. The van der Waals surface area contributed by atoms with E-state index >= 15 is 0 Å². The Balaban J connectivity index is 1.85. The van der Waals surface area contributed by atoms with Gasteiger partial charge in [-0.15, -0.1) is 11.6 Å². The van der Waals surface area contributed by atoms with Gasteiger partial charge in [0.05, 0.1) is 12.2 Å². The Bertz CT molecular complexity index is 262. The van der Waals surface area contributed by atoms with Gasteiger partial charge in [0.15, 0.2) is 0 Å². The van der Waals surface area contributed by atoms with Crippen molar-refractivity contribution in [1.29, 1.82) is 0 Å². The predicted octanol–water partition coefficient (Wildman–Crippen LogP) is 5.07. The molecule has 0 amide bonds. The molecule has 0 radical (unpaired) electrons. The lowest BCUT2D eigenvalue weighted by atomic mass is 9.98. The van der Waals surface area contributed by atoms with Crippen LogP contribution in [0.3, 0.4) is 0 Å². The fraction of sp³-hybridized carbons (Fsp3) is 1.00. The molecule has 0 atom stereocenters. The van der Waals surface area contributed by atoms with Gasteiger partial charge < -0.3 is 9.05 Å². The molecule has 0 saturated heterocycles. The van der Waals surface area contributed by atoms with Crippen LogP contribution in [0, 0.1) is 0 Å². The van der Waals surface area contributed by atoms with Crippen LogP contribution in [0.4, 0.5) is 0 Å². The Kier molecular flexibility index (Phi) is 6.00. The van der Waals surface area contributed by atoms with Gasteiger partial charge in [-0.25, -0.2) is 0 Å². The van der Waals surface area contributed by atoms with Crippen molar-refractivity contribution < 1.29 is 13.6 Å². The quantitative estimate of drug-likeness (QED) is 0.524. The lowest BCUT2D eigenvalue weighted by Crippen LogP contribution is -2.20. The number of hydrogen-bond donors (Lipinski definition) is 0. The minimum absolute atomic E-state index is 0.0139. The normalized spacial score (nSPS) is 24.3. The fourth-order valence-corrected chi connectivity index (χ4v) is 4.71. The Hall–Kier alpha value is 0.440. The van der Waals surface area contributed by atoms with Crippen LogP contribution < -0.4 is 0 Å². The topological polar surface area (TPSA) is 35.5 Å². The van der Waals surface area contributed by atoms with Gasteiger partial charge in [0.2, 0.25) is 0 Å². The minimum Gasteiger partial charge on any atom is -0.304 e. The standard InChI is InChI=1S/C13H24ClO3P/c14-11-18(15,16-12-7-3-1-4-8-12)17-13-9-5-2-6-10-13/h12-13H,1-11H2. The molecule has 0 bridgehead atoms. The molecule has 0 aromatic carbocycles. The molecule has 2 aliphatic carbocycles. The number of alkyl halides is 1. The molecule has 2 rings (SSSR count). The summed E-state index contributed by atoms with van der Waals surface area (Å²) in [5.41, 5.74) is -0.0139. The van der Waals surface area contributed by atoms with E-state index in [-0.39, 0.29) is 17.8 Å². The molecule has 0 aromatic heterocycles. The molecule has 106 valence electrons. The summed E-state index contributed by atoms with van der Waals surface area (Å²) in [6.07, 6.45) is 11.3. The predicted molar refractivity (Wildman–Crippen MR) is 74.2 cm³/mol. The largest absolute Gasteiger partial charge is 0.345 e. The summed E-state index contributed by atoms with van der Waals surface area (Å²) in [7, 11) is -3.07. The molecule has 0 aromatic rings. The van der Waals surface area contributed by atoms with Crippen molar-refractivity contribution in [3.8, 4) is 0 Å². The highest BCUT2D eigenvalue weighted by Gasteiger charge is 2.32. The Morgan fingerprint density at radius 3 is 1.56 bits per heavy atom. The average Bonchev–Trinajstić information content (AvgIpc) is 2.41. The van der Waals surface area contributed by atoms with Gasteiger partial charge in [-0.1, -0.05) is 38.5 Å². The van der Waals surface area contributed by atoms with Gasteiger partial charge in [0, 0.05) is 0 Å². The van der Waals surface area contributed by atoms with E-state index in [0.717, 1.165) is 51.4 Å². The van der Waals surface area contributed by atoms with Crippen LogP contribution in [-0.2, 0) is 13.6 Å². The third-order valence-electron chi connectivity index (χ3n) is 3.87. The maximum atomic E-state index is 12.5. The van der Waals surface area contributed by atoms with Crippen molar-refractivity contribution in [1.82, 2.24) is 0 Å². The molecule has 0 spiro atoms. The second-order valence-corrected chi connectivity index (χ2v) is 8.06. The molecule has 2 saturated carbocycles. The van der Waals surface area contributed by atoms with E-state index in [1.54, 1.807) is 0 Å². The molecule has 18 heavy (non-hydrogen) atoms. The average molecular weight is 295 g/mol.